The summed E-state index contributed by atoms with van der Waals surface area (Å²) in [5, 5.41) is 4.75. The molecule has 0 radical (unpaired) electrons. The van der Waals surface area contributed by atoms with Crippen molar-refractivity contribution in [2.45, 2.75) is 57.9 Å². The third-order valence-electron chi connectivity index (χ3n) is 4.48. The van der Waals surface area contributed by atoms with Gasteiger partial charge in [-0.3, -0.25) is 4.68 Å². The zero-order valence-corrected chi connectivity index (χ0v) is 13.3. The molecule has 1 fully saturated rings. The number of anilines is 1. The molecule has 0 saturated heterocycles. The van der Waals surface area contributed by atoms with Gasteiger partial charge in [-0.05, 0) is 23.8 Å². The minimum Gasteiger partial charge on any atom is -0.396 e. The van der Waals surface area contributed by atoms with Crippen LogP contribution in [-0.4, -0.2) is 9.78 Å². The van der Waals surface area contributed by atoms with Crippen LogP contribution in [0.3, 0.4) is 0 Å². The van der Waals surface area contributed by atoms with Gasteiger partial charge < -0.3 is 5.73 Å². The Morgan fingerprint density at radius 1 is 1.10 bits per heavy atom. The van der Waals surface area contributed by atoms with E-state index in [-0.39, 0.29) is 5.41 Å². The molecule has 112 valence electrons. The molecule has 1 heterocycles. The van der Waals surface area contributed by atoms with Crippen LogP contribution in [0, 0.1) is 0 Å². The van der Waals surface area contributed by atoms with Gasteiger partial charge in [-0.25, -0.2) is 0 Å². The van der Waals surface area contributed by atoms with Crippen molar-refractivity contribution >= 4 is 5.69 Å². The molecule has 0 spiro atoms. The van der Waals surface area contributed by atoms with Gasteiger partial charge in [0.1, 0.15) is 5.69 Å². The monoisotopic (exact) mass is 283 g/mol. The fourth-order valence-corrected chi connectivity index (χ4v) is 3.11. The van der Waals surface area contributed by atoms with Crippen LogP contribution in [0.5, 0.6) is 0 Å². The van der Waals surface area contributed by atoms with Gasteiger partial charge in [0.05, 0.1) is 11.7 Å². The van der Waals surface area contributed by atoms with Crippen LogP contribution in [0.25, 0.3) is 11.3 Å². The lowest BCUT2D eigenvalue weighted by atomic mass is 9.86. The highest BCUT2D eigenvalue weighted by molar-refractivity contribution is 5.72. The number of benzene rings is 1. The second kappa shape index (κ2) is 5.21. The lowest BCUT2D eigenvalue weighted by molar-refractivity contribution is 0.468. The van der Waals surface area contributed by atoms with Gasteiger partial charge in [-0.2, -0.15) is 5.10 Å². The summed E-state index contributed by atoms with van der Waals surface area (Å²) in [7, 11) is 0. The molecular formula is C18H25N3. The van der Waals surface area contributed by atoms with E-state index in [1.165, 1.54) is 31.2 Å². The Kier molecular flexibility index (Phi) is 3.52. The average Bonchev–Trinajstić information content (AvgIpc) is 3.07. The summed E-state index contributed by atoms with van der Waals surface area (Å²) < 4.78 is 2.08. The molecule has 0 atom stereocenters. The van der Waals surface area contributed by atoms with Gasteiger partial charge in [0, 0.05) is 11.8 Å². The fraction of sp³-hybridized carbons (Fsp3) is 0.500. The topological polar surface area (TPSA) is 43.8 Å². The summed E-state index contributed by atoms with van der Waals surface area (Å²) in [5.74, 6) is 0. The number of aromatic nitrogens is 2. The number of nitrogens with two attached hydrogens (primary N) is 1. The Bertz CT molecular complexity index is 611. The molecule has 1 aromatic carbocycles. The Morgan fingerprint density at radius 2 is 1.71 bits per heavy atom. The molecule has 0 unspecified atom stereocenters. The number of rotatable bonds is 2. The van der Waals surface area contributed by atoms with Crippen LogP contribution in [0.1, 0.15) is 58.1 Å². The van der Waals surface area contributed by atoms with E-state index >= 15 is 0 Å². The third-order valence-corrected chi connectivity index (χ3v) is 4.48. The number of nitrogen functional groups attached to an aromatic ring is 1. The molecule has 1 aromatic heterocycles. The molecular weight excluding hydrogens is 258 g/mol. The Labute approximate surface area is 127 Å². The quantitative estimate of drug-likeness (QED) is 0.879. The zero-order chi connectivity index (χ0) is 15.0. The van der Waals surface area contributed by atoms with E-state index in [9.17, 15) is 0 Å². The molecule has 1 aliphatic rings. The average molecular weight is 283 g/mol. The van der Waals surface area contributed by atoms with Crippen molar-refractivity contribution < 1.29 is 0 Å². The Morgan fingerprint density at radius 3 is 2.29 bits per heavy atom. The number of hydrogen-bond donors (Lipinski definition) is 1. The Hall–Kier alpha value is -1.77. The maximum Gasteiger partial charge on any atom is 0.115 e. The lowest BCUT2D eigenvalue weighted by Gasteiger charge is -2.19. The first-order valence-electron chi connectivity index (χ1n) is 7.91. The molecule has 1 aliphatic carbocycles. The summed E-state index contributed by atoms with van der Waals surface area (Å²) in [6.07, 6.45) is 7.07. The summed E-state index contributed by atoms with van der Waals surface area (Å²) in [6.45, 7) is 6.68. The minimum absolute atomic E-state index is 0.174. The normalized spacial score (nSPS) is 16.5. The molecule has 2 N–H and O–H groups in total. The summed E-state index contributed by atoms with van der Waals surface area (Å²) in [5.41, 5.74) is 10.5. The van der Waals surface area contributed by atoms with Crippen LogP contribution >= 0.6 is 0 Å². The molecule has 1 saturated carbocycles. The molecule has 0 amide bonds. The lowest BCUT2D eigenvalue weighted by Crippen LogP contribution is -2.10. The van der Waals surface area contributed by atoms with E-state index in [1.807, 2.05) is 6.20 Å². The molecule has 2 aromatic rings. The first kappa shape index (κ1) is 14.2. The molecule has 21 heavy (non-hydrogen) atoms. The highest BCUT2D eigenvalue weighted by atomic mass is 15.3. The predicted octanol–water partition coefficient (Wildman–Crippen LogP) is 4.54. The van der Waals surface area contributed by atoms with Gasteiger partial charge in [-0.15, -0.1) is 0 Å². The number of nitrogens with zero attached hydrogens (tertiary/aromatic N) is 2. The minimum atomic E-state index is 0.174. The van der Waals surface area contributed by atoms with E-state index in [0.29, 0.717) is 6.04 Å². The molecule has 3 nitrogen and oxygen atoms in total. The smallest absolute Gasteiger partial charge is 0.115 e. The van der Waals surface area contributed by atoms with Crippen LogP contribution in [0.15, 0.2) is 30.5 Å². The van der Waals surface area contributed by atoms with E-state index < -0.39 is 0 Å². The van der Waals surface area contributed by atoms with Gasteiger partial charge >= 0.3 is 0 Å². The SMILES string of the molecule is CC(C)(C)c1ccc(-c2nn(C3CCCC3)cc2N)cc1. The van der Waals surface area contributed by atoms with E-state index in [0.717, 1.165) is 16.9 Å². The van der Waals surface area contributed by atoms with Crippen LogP contribution < -0.4 is 5.73 Å². The maximum atomic E-state index is 6.18. The van der Waals surface area contributed by atoms with E-state index in [4.69, 9.17) is 10.8 Å². The van der Waals surface area contributed by atoms with Crippen LogP contribution in [-0.2, 0) is 5.41 Å². The van der Waals surface area contributed by atoms with Gasteiger partial charge in [0.2, 0.25) is 0 Å². The van der Waals surface area contributed by atoms with Crippen molar-refractivity contribution in [3.8, 4) is 11.3 Å². The first-order valence-corrected chi connectivity index (χ1v) is 7.91. The second-order valence-corrected chi connectivity index (χ2v) is 7.18. The fourth-order valence-electron chi connectivity index (χ4n) is 3.11. The van der Waals surface area contributed by atoms with Crippen molar-refractivity contribution in [1.82, 2.24) is 9.78 Å². The van der Waals surface area contributed by atoms with Gasteiger partial charge in [0.15, 0.2) is 0 Å². The van der Waals surface area contributed by atoms with Crippen molar-refractivity contribution in [2.24, 2.45) is 0 Å². The number of hydrogen-bond acceptors (Lipinski definition) is 2. The van der Waals surface area contributed by atoms with Crippen molar-refractivity contribution in [1.29, 1.82) is 0 Å². The summed E-state index contributed by atoms with van der Waals surface area (Å²) >= 11 is 0. The Balaban J connectivity index is 1.89. The van der Waals surface area contributed by atoms with E-state index in [2.05, 4.69) is 49.7 Å². The highest BCUT2D eigenvalue weighted by Crippen LogP contribution is 2.33. The third kappa shape index (κ3) is 2.82. The predicted molar refractivity (Wildman–Crippen MR) is 88.3 cm³/mol. The van der Waals surface area contributed by atoms with Gasteiger partial charge in [-0.1, -0.05) is 57.9 Å². The standard InChI is InChI=1S/C18H25N3/c1-18(2,3)14-10-8-13(9-11-14)17-16(19)12-21(20-17)15-6-4-5-7-15/h8-12,15H,4-7,19H2,1-3H3. The molecule has 3 heteroatoms. The van der Waals surface area contributed by atoms with Crippen LogP contribution in [0.2, 0.25) is 0 Å². The maximum absolute atomic E-state index is 6.18. The second-order valence-electron chi connectivity index (χ2n) is 7.18. The summed E-state index contributed by atoms with van der Waals surface area (Å²) in [4.78, 5) is 0. The summed E-state index contributed by atoms with van der Waals surface area (Å²) in [6, 6.07) is 9.18. The van der Waals surface area contributed by atoms with Crippen molar-refractivity contribution in [3.63, 3.8) is 0 Å². The van der Waals surface area contributed by atoms with Gasteiger partial charge in [0.25, 0.3) is 0 Å². The van der Waals surface area contributed by atoms with Crippen LogP contribution in [0.4, 0.5) is 5.69 Å². The molecule has 0 bridgehead atoms. The molecule has 0 aliphatic heterocycles. The van der Waals surface area contributed by atoms with Crippen molar-refractivity contribution in [3.05, 3.63) is 36.0 Å². The van der Waals surface area contributed by atoms with E-state index in [1.54, 1.807) is 0 Å². The van der Waals surface area contributed by atoms with Crippen molar-refractivity contribution in [2.75, 3.05) is 5.73 Å². The molecule has 3 rings (SSSR count). The highest BCUT2D eigenvalue weighted by Gasteiger charge is 2.20. The zero-order valence-electron chi connectivity index (χ0n) is 13.3. The first-order chi connectivity index (χ1) is 9.95. The largest absolute Gasteiger partial charge is 0.396 e.